The Balaban J connectivity index is 1.91. The van der Waals surface area contributed by atoms with E-state index < -0.39 is 17.2 Å². The molecule has 0 aliphatic carbocycles. The number of nitrogen functional groups attached to an aromatic ring is 1. The summed E-state index contributed by atoms with van der Waals surface area (Å²) in [5.41, 5.74) is 7.55. The van der Waals surface area contributed by atoms with Gasteiger partial charge in [-0.25, -0.2) is 9.78 Å². The maximum atomic E-state index is 14.3. The van der Waals surface area contributed by atoms with E-state index in [1.54, 1.807) is 13.2 Å². The molecule has 2 aromatic heterocycles. The zero-order valence-electron chi connectivity index (χ0n) is 22.2. The number of rotatable bonds is 9. The molecule has 0 atom stereocenters. The fraction of sp³-hybridized carbons (Fsp3) is 0.310. The zero-order valence-corrected chi connectivity index (χ0v) is 22.2. The van der Waals surface area contributed by atoms with Gasteiger partial charge in [0, 0.05) is 24.0 Å². The highest BCUT2D eigenvalue weighted by Gasteiger charge is 2.27. The van der Waals surface area contributed by atoms with Crippen molar-refractivity contribution >= 4 is 28.3 Å². The summed E-state index contributed by atoms with van der Waals surface area (Å²) >= 11 is 0. The fourth-order valence-electron chi connectivity index (χ4n) is 4.42. The molecule has 0 unspecified atom stereocenters. The Morgan fingerprint density at radius 1 is 1.13 bits per heavy atom. The van der Waals surface area contributed by atoms with Gasteiger partial charge in [-0.15, -0.1) is 0 Å². The minimum atomic E-state index is -0.692. The number of nitrogens with one attached hydrogen (secondary N) is 1. The topological polar surface area (TPSA) is 123 Å². The molecular weight excluding hydrogens is 482 g/mol. The molecule has 0 spiro atoms. The minimum absolute atomic E-state index is 0.0166. The Kier molecular flexibility index (Phi) is 7.95. The van der Waals surface area contributed by atoms with E-state index in [4.69, 9.17) is 15.5 Å². The summed E-state index contributed by atoms with van der Waals surface area (Å²) < 4.78 is 6.60. The molecule has 2 aromatic carbocycles. The van der Waals surface area contributed by atoms with Gasteiger partial charge >= 0.3 is 5.69 Å². The number of aromatic amines is 1. The van der Waals surface area contributed by atoms with Crippen molar-refractivity contribution in [3.05, 3.63) is 81.0 Å². The van der Waals surface area contributed by atoms with Gasteiger partial charge in [-0.2, -0.15) is 0 Å². The molecule has 4 rings (SSSR count). The number of nitrogens with zero attached hydrogens (tertiary/aromatic N) is 3. The van der Waals surface area contributed by atoms with Crippen LogP contribution >= 0.6 is 0 Å². The normalized spacial score (nSPS) is 11.2. The number of para-hydroxylation sites is 1. The molecule has 0 bridgehead atoms. The number of hydrogen-bond acceptors (Lipinski definition) is 6. The van der Waals surface area contributed by atoms with Crippen molar-refractivity contribution in [3.8, 4) is 17.0 Å². The number of anilines is 2. The Morgan fingerprint density at radius 3 is 2.50 bits per heavy atom. The van der Waals surface area contributed by atoms with E-state index in [-0.39, 0.29) is 24.0 Å². The molecule has 1 amide bonds. The van der Waals surface area contributed by atoms with Crippen LogP contribution < -0.4 is 26.6 Å². The minimum Gasteiger partial charge on any atom is -0.497 e. The number of amides is 1. The number of fused-ring (bicyclic) bond motifs is 1. The van der Waals surface area contributed by atoms with Crippen molar-refractivity contribution in [2.75, 3.05) is 24.3 Å². The second-order valence-electron chi connectivity index (χ2n) is 9.61. The third kappa shape index (κ3) is 5.32. The lowest BCUT2D eigenvalue weighted by molar-refractivity contribution is 0.0985. The van der Waals surface area contributed by atoms with Crippen molar-refractivity contribution in [2.45, 2.75) is 40.2 Å². The van der Waals surface area contributed by atoms with Gasteiger partial charge in [0.05, 0.1) is 23.9 Å². The molecule has 0 radical (unpaired) electrons. The number of carbonyl (C=O) groups excluding carboxylic acids is 1. The van der Waals surface area contributed by atoms with Crippen LogP contribution in [0.2, 0.25) is 0 Å². The smallest absolute Gasteiger partial charge is 0.330 e. The predicted octanol–water partition coefficient (Wildman–Crippen LogP) is 4.45. The van der Waals surface area contributed by atoms with Crippen molar-refractivity contribution < 1.29 is 9.53 Å². The molecule has 9 heteroatoms. The maximum absolute atomic E-state index is 14.3. The van der Waals surface area contributed by atoms with Crippen LogP contribution in [0.5, 0.6) is 5.75 Å². The van der Waals surface area contributed by atoms with Crippen LogP contribution in [-0.2, 0) is 6.54 Å². The largest absolute Gasteiger partial charge is 0.497 e. The molecule has 0 fully saturated rings. The van der Waals surface area contributed by atoms with Gasteiger partial charge in [0.15, 0.2) is 5.69 Å². The molecule has 198 valence electrons. The second kappa shape index (κ2) is 11.3. The molecule has 38 heavy (non-hydrogen) atoms. The molecular formula is C29H33N5O4. The van der Waals surface area contributed by atoms with Gasteiger partial charge in [0.25, 0.3) is 11.5 Å². The standard InChI is InChI=1S/C29H33N5O4/c1-5-6-15-33-26(30)25(27(35)32-29(33)37)34(17-18(2)3)28(36)22-16-24(19-11-13-20(38-4)14-12-19)31-23-10-8-7-9-21(22)23/h7-14,16,18H,5-6,15,17,30H2,1-4H3,(H,32,35,37). The van der Waals surface area contributed by atoms with Crippen LogP contribution in [0.1, 0.15) is 44.0 Å². The number of methoxy groups -OCH3 is 1. The first-order valence-corrected chi connectivity index (χ1v) is 12.7. The van der Waals surface area contributed by atoms with E-state index in [1.807, 2.05) is 69.3 Å². The number of nitrogens with two attached hydrogens (primary N) is 1. The van der Waals surface area contributed by atoms with E-state index in [0.717, 1.165) is 12.0 Å². The summed E-state index contributed by atoms with van der Waals surface area (Å²) in [4.78, 5) is 48.4. The Bertz CT molecular complexity index is 1570. The summed E-state index contributed by atoms with van der Waals surface area (Å²) in [6.07, 6.45) is 1.54. The van der Waals surface area contributed by atoms with Crippen LogP contribution in [0.15, 0.2) is 64.2 Å². The van der Waals surface area contributed by atoms with Crippen molar-refractivity contribution in [3.63, 3.8) is 0 Å². The van der Waals surface area contributed by atoms with E-state index in [9.17, 15) is 14.4 Å². The van der Waals surface area contributed by atoms with Crippen LogP contribution in [0, 0.1) is 5.92 Å². The predicted molar refractivity (Wildman–Crippen MR) is 151 cm³/mol. The van der Waals surface area contributed by atoms with Crippen LogP contribution in [-0.4, -0.2) is 34.1 Å². The number of hydrogen-bond donors (Lipinski definition) is 2. The van der Waals surface area contributed by atoms with Crippen LogP contribution in [0.25, 0.3) is 22.2 Å². The second-order valence-corrected chi connectivity index (χ2v) is 9.61. The van der Waals surface area contributed by atoms with Gasteiger partial charge < -0.3 is 15.4 Å². The number of pyridine rings is 1. The van der Waals surface area contributed by atoms with E-state index in [0.29, 0.717) is 40.9 Å². The monoisotopic (exact) mass is 515 g/mol. The lowest BCUT2D eigenvalue weighted by Crippen LogP contribution is -2.42. The van der Waals surface area contributed by atoms with Crippen molar-refractivity contribution in [1.29, 1.82) is 0 Å². The Labute approximate surface area is 220 Å². The molecule has 0 aliphatic heterocycles. The summed E-state index contributed by atoms with van der Waals surface area (Å²) in [5.74, 6) is 0.310. The van der Waals surface area contributed by atoms with Gasteiger partial charge in [-0.3, -0.25) is 19.1 Å². The molecule has 9 nitrogen and oxygen atoms in total. The number of unbranched alkanes of at least 4 members (excludes halogenated alkanes) is 1. The average molecular weight is 516 g/mol. The van der Waals surface area contributed by atoms with Gasteiger partial charge in [0.1, 0.15) is 11.6 Å². The van der Waals surface area contributed by atoms with Crippen molar-refractivity contribution in [1.82, 2.24) is 14.5 Å². The van der Waals surface area contributed by atoms with Crippen molar-refractivity contribution in [2.24, 2.45) is 5.92 Å². The number of H-pyrrole nitrogens is 1. The fourth-order valence-corrected chi connectivity index (χ4v) is 4.42. The highest BCUT2D eigenvalue weighted by atomic mass is 16.5. The Morgan fingerprint density at radius 2 is 1.84 bits per heavy atom. The first kappa shape index (κ1) is 26.7. The van der Waals surface area contributed by atoms with Crippen LogP contribution in [0.4, 0.5) is 11.5 Å². The molecule has 3 N–H and O–H groups in total. The molecule has 2 heterocycles. The summed E-state index contributed by atoms with van der Waals surface area (Å²) in [5, 5.41) is 0.651. The SMILES string of the molecule is CCCCn1c(N)c(N(CC(C)C)C(=O)c2cc(-c3ccc(OC)cc3)nc3ccccc23)c(=O)[nH]c1=O. The number of aromatic nitrogens is 3. The zero-order chi connectivity index (χ0) is 27.4. The maximum Gasteiger partial charge on any atom is 0.330 e. The lowest BCUT2D eigenvalue weighted by Gasteiger charge is -2.27. The summed E-state index contributed by atoms with van der Waals surface area (Å²) in [7, 11) is 1.60. The van der Waals surface area contributed by atoms with E-state index in [1.165, 1.54) is 9.47 Å². The first-order chi connectivity index (χ1) is 18.2. The molecule has 4 aromatic rings. The molecule has 0 saturated carbocycles. The molecule has 0 aliphatic rings. The number of ether oxygens (including phenoxy) is 1. The number of carbonyl (C=O) groups is 1. The van der Waals surface area contributed by atoms with Gasteiger partial charge in [-0.05, 0) is 48.7 Å². The highest BCUT2D eigenvalue weighted by molar-refractivity contribution is 6.15. The van der Waals surface area contributed by atoms with Crippen LogP contribution in [0.3, 0.4) is 0 Å². The lowest BCUT2D eigenvalue weighted by atomic mass is 10.0. The highest BCUT2D eigenvalue weighted by Crippen LogP contribution is 2.29. The van der Waals surface area contributed by atoms with E-state index in [2.05, 4.69) is 4.98 Å². The third-order valence-electron chi connectivity index (χ3n) is 6.34. The first-order valence-electron chi connectivity index (χ1n) is 12.7. The Hall–Kier alpha value is -4.40. The number of benzene rings is 2. The third-order valence-corrected chi connectivity index (χ3v) is 6.34. The molecule has 0 saturated heterocycles. The van der Waals surface area contributed by atoms with Gasteiger partial charge in [0.2, 0.25) is 0 Å². The summed E-state index contributed by atoms with van der Waals surface area (Å²) in [6.45, 7) is 6.47. The van der Waals surface area contributed by atoms with Gasteiger partial charge in [-0.1, -0.05) is 45.4 Å². The quantitative estimate of drug-likeness (QED) is 0.340. The summed E-state index contributed by atoms with van der Waals surface area (Å²) in [6, 6.07) is 16.5. The average Bonchev–Trinajstić information content (AvgIpc) is 2.91. The van der Waals surface area contributed by atoms with E-state index >= 15 is 0 Å².